The highest BCUT2D eigenvalue weighted by molar-refractivity contribution is 7.99. The minimum atomic E-state index is 0.572. The van der Waals surface area contributed by atoms with Crippen molar-refractivity contribution < 1.29 is 0 Å². The van der Waals surface area contributed by atoms with E-state index < -0.39 is 0 Å². The summed E-state index contributed by atoms with van der Waals surface area (Å²) in [6, 6.07) is 11.1. The van der Waals surface area contributed by atoms with Crippen molar-refractivity contribution >= 4 is 11.8 Å². The van der Waals surface area contributed by atoms with Crippen LogP contribution in [0.2, 0.25) is 0 Å². The monoisotopic (exact) mass is 315 g/mol. The zero-order chi connectivity index (χ0) is 15.2. The molecule has 0 saturated heterocycles. The second-order valence-electron chi connectivity index (χ2n) is 6.04. The average Bonchev–Trinajstić information content (AvgIpc) is 3.01. The third-order valence-electron chi connectivity index (χ3n) is 4.37. The molecule has 4 heteroatoms. The summed E-state index contributed by atoms with van der Waals surface area (Å²) in [6.07, 6.45) is 9.03. The molecule has 1 heterocycles. The van der Waals surface area contributed by atoms with Gasteiger partial charge in [0, 0.05) is 17.4 Å². The first-order chi connectivity index (χ1) is 10.9. The summed E-state index contributed by atoms with van der Waals surface area (Å²) in [5.41, 5.74) is 1.18. The van der Waals surface area contributed by atoms with Crippen molar-refractivity contribution in [2.75, 3.05) is 5.75 Å². The second kappa shape index (κ2) is 7.82. The molecule has 0 N–H and O–H groups in total. The van der Waals surface area contributed by atoms with Gasteiger partial charge in [0.2, 0.25) is 0 Å². The van der Waals surface area contributed by atoms with Crippen molar-refractivity contribution in [1.82, 2.24) is 14.8 Å². The van der Waals surface area contributed by atoms with Crippen LogP contribution in [-0.4, -0.2) is 20.5 Å². The number of rotatable bonds is 6. The Morgan fingerprint density at radius 1 is 1.09 bits per heavy atom. The highest BCUT2D eigenvalue weighted by atomic mass is 32.2. The number of thioether (sulfide) groups is 1. The molecular weight excluding hydrogens is 290 g/mol. The van der Waals surface area contributed by atoms with Gasteiger partial charge in [0.15, 0.2) is 11.0 Å². The van der Waals surface area contributed by atoms with Crippen molar-refractivity contribution in [2.45, 2.75) is 63.1 Å². The van der Waals surface area contributed by atoms with Crippen molar-refractivity contribution in [3.8, 4) is 11.4 Å². The predicted octanol–water partition coefficient (Wildman–Crippen LogP) is 5.34. The van der Waals surface area contributed by atoms with Crippen LogP contribution in [0.5, 0.6) is 0 Å². The van der Waals surface area contributed by atoms with Gasteiger partial charge in [-0.3, -0.25) is 4.57 Å². The smallest absolute Gasteiger partial charge is 0.191 e. The summed E-state index contributed by atoms with van der Waals surface area (Å²) in [6.45, 7) is 2.24. The van der Waals surface area contributed by atoms with Crippen LogP contribution >= 0.6 is 11.8 Å². The Morgan fingerprint density at radius 3 is 2.59 bits per heavy atom. The molecule has 1 aliphatic rings. The first kappa shape index (κ1) is 15.6. The van der Waals surface area contributed by atoms with E-state index in [1.54, 1.807) is 0 Å². The van der Waals surface area contributed by atoms with Gasteiger partial charge in [-0.25, -0.2) is 0 Å². The van der Waals surface area contributed by atoms with Crippen LogP contribution in [0.25, 0.3) is 11.4 Å². The van der Waals surface area contributed by atoms with Gasteiger partial charge in [0.25, 0.3) is 0 Å². The quantitative estimate of drug-likeness (QED) is 0.532. The lowest BCUT2D eigenvalue weighted by atomic mass is 9.95. The lowest BCUT2D eigenvalue weighted by Gasteiger charge is -2.25. The number of benzene rings is 1. The fraction of sp³-hybridized carbons (Fsp3) is 0.556. The minimum Gasteiger partial charge on any atom is -0.299 e. The predicted molar refractivity (Wildman–Crippen MR) is 93.2 cm³/mol. The second-order valence-corrected chi connectivity index (χ2v) is 7.10. The largest absolute Gasteiger partial charge is 0.299 e. The summed E-state index contributed by atoms with van der Waals surface area (Å²) < 4.78 is 2.43. The molecule has 0 atom stereocenters. The van der Waals surface area contributed by atoms with Crippen molar-refractivity contribution in [3.63, 3.8) is 0 Å². The Kier molecular flexibility index (Phi) is 5.54. The van der Waals surface area contributed by atoms with E-state index in [9.17, 15) is 0 Å². The van der Waals surface area contributed by atoms with E-state index in [0.29, 0.717) is 6.04 Å². The number of unbranched alkanes of at least 4 members (excludes halogenated alkanes) is 1. The van der Waals surface area contributed by atoms with Crippen LogP contribution < -0.4 is 0 Å². The van der Waals surface area contributed by atoms with Gasteiger partial charge < -0.3 is 0 Å². The van der Waals surface area contributed by atoms with Crippen LogP contribution in [0, 0.1) is 0 Å². The van der Waals surface area contributed by atoms with Crippen LogP contribution in [-0.2, 0) is 0 Å². The maximum absolute atomic E-state index is 4.53. The molecule has 2 aromatic rings. The van der Waals surface area contributed by atoms with Crippen LogP contribution in [0.1, 0.15) is 57.9 Å². The number of hydrogen-bond acceptors (Lipinski definition) is 3. The molecule has 1 aliphatic carbocycles. The normalized spacial score (nSPS) is 16.0. The van der Waals surface area contributed by atoms with Crippen LogP contribution in [0.3, 0.4) is 0 Å². The molecule has 0 radical (unpaired) electrons. The van der Waals surface area contributed by atoms with E-state index in [2.05, 4.69) is 52.0 Å². The zero-order valence-electron chi connectivity index (χ0n) is 13.4. The standard InChI is InChI=1S/C18H25N3S/c1-2-3-14-22-18-20-19-17(15-10-6-4-7-11-15)21(18)16-12-8-5-9-13-16/h4,6-7,10-11,16H,2-3,5,8-9,12-14H2,1H3. The summed E-state index contributed by atoms with van der Waals surface area (Å²) in [7, 11) is 0. The third kappa shape index (κ3) is 3.54. The van der Waals surface area contributed by atoms with Gasteiger partial charge in [-0.15, -0.1) is 10.2 Å². The molecule has 1 aromatic carbocycles. The van der Waals surface area contributed by atoms with E-state index >= 15 is 0 Å². The number of aromatic nitrogens is 3. The van der Waals surface area contributed by atoms with Gasteiger partial charge in [0.05, 0.1) is 0 Å². The molecule has 118 valence electrons. The summed E-state index contributed by atoms with van der Waals surface area (Å²) in [5, 5.41) is 10.2. The molecule has 0 unspecified atom stereocenters. The number of nitrogens with zero attached hydrogens (tertiary/aromatic N) is 3. The highest BCUT2D eigenvalue weighted by Gasteiger charge is 2.23. The first-order valence-corrected chi connectivity index (χ1v) is 9.52. The molecular formula is C18H25N3S. The fourth-order valence-electron chi connectivity index (χ4n) is 3.14. The average molecular weight is 315 g/mol. The summed E-state index contributed by atoms with van der Waals surface area (Å²) in [4.78, 5) is 0. The molecule has 3 rings (SSSR count). The van der Waals surface area contributed by atoms with E-state index in [1.807, 2.05) is 11.8 Å². The SMILES string of the molecule is CCCCSc1nnc(-c2ccccc2)n1C1CCCCC1. The van der Waals surface area contributed by atoms with Crippen molar-refractivity contribution in [1.29, 1.82) is 0 Å². The van der Waals surface area contributed by atoms with Crippen LogP contribution in [0.4, 0.5) is 0 Å². The molecule has 3 nitrogen and oxygen atoms in total. The molecule has 0 bridgehead atoms. The highest BCUT2D eigenvalue weighted by Crippen LogP contribution is 2.35. The third-order valence-corrected chi connectivity index (χ3v) is 5.39. The van der Waals surface area contributed by atoms with Crippen LogP contribution in [0.15, 0.2) is 35.5 Å². The van der Waals surface area contributed by atoms with E-state index in [-0.39, 0.29) is 0 Å². The van der Waals surface area contributed by atoms with E-state index in [4.69, 9.17) is 0 Å². The Balaban J connectivity index is 1.91. The lowest BCUT2D eigenvalue weighted by molar-refractivity contribution is 0.339. The van der Waals surface area contributed by atoms with Crippen molar-refractivity contribution in [2.24, 2.45) is 0 Å². The summed E-state index contributed by atoms with van der Waals surface area (Å²) >= 11 is 1.87. The lowest BCUT2D eigenvalue weighted by Crippen LogP contribution is -2.15. The maximum atomic E-state index is 4.53. The van der Waals surface area contributed by atoms with Gasteiger partial charge in [0.1, 0.15) is 0 Å². The molecule has 1 saturated carbocycles. The fourth-order valence-corrected chi connectivity index (χ4v) is 4.22. The Morgan fingerprint density at radius 2 is 1.86 bits per heavy atom. The van der Waals surface area contributed by atoms with E-state index in [0.717, 1.165) is 16.7 Å². The topological polar surface area (TPSA) is 30.7 Å². The molecule has 1 fully saturated rings. The Bertz CT molecular complexity index is 573. The number of hydrogen-bond donors (Lipinski definition) is 0. The van der Waals surface area contributed by atoms with Gasteiger partial charge in [-0.05, 0) is 19.3 Å². The van der Waals surface area contributed by atoms with E-state index in [1.165, 1.54) is 50.5 Å². The summed E-state index contributed by atoms with van der Waals surface area (Å²) in [5.74, 6) is 2.18. The molecule has 0 aliphatic heterocycles. The maximum Gasteiger partial charge on any atom is 0.191 e. The van der Waals surface area contributed by atoms with Gasteiger partial charge in [-0.1, -0.05) is 74.7 Å². The first-order valence-electron chi connectivity index (χ1n) is 8.53. The minimum absolute atomic E-state index is 0.572. The van der Waals surface area contributed by atoms with Gasteiger partial charge >= 0.3 is 0 Å². The molecule has 0 amide bonds. The van der Waals surface area contributed by atoms with Crippen molar-refractivity contribution in [3.05, 3.63) is 30.3 Å². The Labute approximate surface area is 137 Å². The molecule has 0 spiro atoms. The molecule has 22 heavy (non-hydrogen) atoms. The van der Waals surface area contributed by atoms with Gasteiger partial charge in [-0.2, -0.15) is 0 Å². The Hall–Kier alpha value is -1.29. The zero-order valence-corrected chi connectivity index (χ0v) is 14.2. The molecule has 1 aromatic heterocycles.